The Labute approximate surface area is 95.9 Å². The fourth-order valence-electron chi connectivity index (χ4n) is 1.05. The van der Waals surface area contributed by atoms with Gasteiger partial charge in [0, 0.05) is 18.8 Å². The van der Waals surface area contributed by atoms with Crippen molar-refractivity contribution < 1.29 is 9.90 Å². The largest absolute Gasteiger partial charge is 0.392 e. The van der Waals surface area contributed by atoms with E-state index in [1.807, 2.05) is 4.98 Å². The molecule has 0 bridgehead atoms. The maximum atomic E-state index is 11.5. The summed E-state index contributed by atoms with van der Waals surface area (Å²) in [4.78, 5) is 37.6. The summed E-state index contributed by atoms with van der Waals surface area (Å²) in [6.45, 7) is 1.51. The number of carbonyl (C=O) groups is 1. The van der Waals surface area contributed by atoms with Crippen LogP contribution in [0.5, 0.6) is 0 Å². The summed E-state index contributed by atoms with van der Waals surface area (Å²) in [7, 11) is 0. The van der Waals surface area contributed by atoms with Gasteiger partial charge < -0.3 is 21.1 Å². The Balaban J connectivity index is 2.71. The summed E-state index contributed by atoms with van der Waals surface area (Å²) >= 11 is 0. The van der Waals surface area contributed by atoms with Gasteiger partial charge in [-0.1, -0.05) is 0 Å². The Kier molecular flexibility index (Phi) is 4.18. The lowest BCUT2D eigenvalue weighted by Gasteiger charge is -2.14. The van der Waals surface area contributed by atoms with Crippen LogP contribution >= 0.6 is 0 Å². The van der Waals surface area contributed by atoms with Gasteiger partial charge >= 0.3 is 5.69 Å². The quantitative estimate of drug-likeness (QED) is 0.397. The van der Waals surface area contributed by atoms with Crippen molar-refractivity contribution >= 4 is 5.91 Å². The molecule has 0 aliphatic rings. The fraction of sp³-hybridized carbons (Fsp3) is 0.444. The van der Waals surface area contributed by atoms with E-state index in [4.69, 9.17) is 10.8 Å². The van der Waals surface area contributed by atoms with Gasteiger partial charge in [0.2, 0.25) is 0 Å². The molecule has 1 aromatic rings. The standard InChI is InChI=1S/C9H14N4O4/c1-4(14)6(10)3-11-7(15)5-2-12-9(17)13-8(5)16/h2,4,6,14H,3,10H2,1H3,(H,11,15)(H2,12,13,16,17). The molecule has 0 spiro atoms. The lowest BCUT2D eigenvalue weighted by atomic mass is 10.2. The van der Waals surface area contributed by atoms with E-state index >= 15 is 0 Å². The number of hydrogen-bond donors (Lipinski definition) is 5. The van der Waals surface area contributed by atoms with E-state index < -0.39 is 29.3 Å². The smallest absolute Gasteiger partial charge is 0.325 e. The second-order valence-electron chi connectivity index (χ2n) is 3.60. The molecule has 8 nitrogen and oxygen atoms in total. The first kappa shape index (κ1) is 13.1. The van der Waals surface area contributed by atoms with Gasteiger partial charge in [-0.3, -0.25) is 14.6 Å². The van der Waals surface area contributed by atoms with Crippen LogP contribution in [-0.4, -0.2) is 39.7 Å². The van der Waals surface area contributed by atoms with Crippen LogP contribution in [0.1, 0.15) is 17.3 Å². The zero-order chi connectivity index (χ0) is 13.0. The summed E-state index contributed by atoms with van der Waals surface area (Å²) in [5.41, 5.74) is 3.81. The molecule has 94 valence electrons. The second kappa shape index (κ2) is 5.41. The Morgan fingerprint density at radius 3 is 2.76 bits per heavy atom. The molecule has 0 fully saturated rings. The summed E-state index contributed by atoms with van der Waals surface area (Å²) in [5.74, 6) is -0.668. The third-order valence-electron chi connectivity index (χ3n) is 2.18. The maximum Gasteiger partial charge on any atom is 0.325 e. The number of aliphatic hydroxyl groups is 1. The molecule has 0 aliphatic heterocycles. The van der Waals surface area contributed by atoms with Crippen LogP contribution in [0.2, 0.25) is 0 Å². The van der Waals surface area contributed by atoms with Crippen molar-refractivity contribution in [1.29, 1.82) is 0 Å². The van der Waals surface area contributed by atoms with Crippen LogP contribution in [-0.2, 0) is 0 Å². The first-order chi connectivity index (χ1) is 7.91. The van der Waals surface area contributed by atoms with Crippen LogP contribution in [0.3, 0.4) is 0 Å². The Morgan fingerprint density at radius 1 is 1.59 bits per heavy atom. The van der Waals surface area contributed by atoms with Gasteiger partial charge in [-0.05, 0) is 6.92 Å². The number of aliphatic hydroxyl groups excluding tert-OH is 1. The summed E-state index contributed by atoms with van der Waals surface area (Å²) in [6, 6.07) is -0.624. The topological polar surface area (TPSA) is 141 Å². The number of rotatable bonds is 4. The Morgan fingerprint density at radius 2 is 2.24 bits per heavy atom. The third-order valence-corrected chi connectivity index (χ3v) is 2.18. The van der Waals surface area contributed by atoms with E-state index in [0.29, 0.717) is 0 Å². The lowest BCUT2D eigenvalue weighted by molar-refractivity contribution is 0.0935. The van der Waals surface area contributed by atoms with Gasteiger partial charge in [-0.25, -0.2) is 4.79 Å². The molecule has 0 aliphatic carbocycles. The van der Waals surface area contributed by atoms with Crippen molar-refractivity contribution in [3.05, 3.63) is 32.6 Å². The molecular formula is C9H14N4O4. The molecule has 0 aromatic carbocycles. The zero-order valence-electron chi connectivity index (χ0n) is 9.19. The molecule has 0 saturated carbocycles. The highest BCUT2D eigenvalue weighted by Crippen LogP contribution is 1.89. The van der Waals surface area contributed by atoms with E-state index in [2.05, 4.69) is 10.3 Å². The number of nitrogens with two attached hydrogens (primary N) is 1. The van der Waals surface area contributed by atoms with Crippen LogP contribution < -0.4 is 22.3 Å². The van der Waals surface area contributed by atoms with E-state index in [-0.39, 0.29) is 12.1 Å². The molecule has 8 heteroatoms. The van der Waals surface area contributed by atoms with Crippen molar-refractivity contribution in [3.8, 4) is 0 Å². The predicted octanol–water partition coefficient (Wildman–Crippen LogP) is -2.50. The number of nitrogens with one attached hydrogen (secondary N) is 3. The molecule has 0 radical (unpaired) electrons. The molecule has 1 rings (SSSR count). The lowest BCUT2D eigenvalue weighted by Crippen LogP contribution is -2.44. The predicted molar refractivity (Wildman–Crippen MR) is 59.7 cm³/mol. The number of H-pyrrole nitrogens is 2. The fourth-order valence-corrected chi connectivity index (χ4v) is 1.05. The molecule has 1 aromatic heterocycles. The van der Waals surface area contributed by atoms with Crippen LogP contribution in [0.15, 0.2) is 15.8 Å². The van der Waals surface area contributed by atoms with Gasteiger partial charge in [-0.15, -0.1) is 0 Å². The number of aromatic amines is 2. The summed E-state index contributed by atoms with van der Waals surface area (Å²) in [6.07, 6.45) is 0.244. The van der Waals surface area contributed by atoms with E-state index in [1.54, 1.807) is 0 Å². The molecular weight excluding hydrogens is 228 g/mol. The number of aromatic nitrogens is 2. The minimum atomic E-state index is -0.781. The first-order valence-electron chi connectivity index (χ1n) is 4.95. The number of amides is 1. The highest BCUT2D eigenvalue weighted by atomic mass is 16.3. The van der Waals surface area contributed by atoms with Crippen molar-refractivity contribution in [1.82, 2.24) is 15.3 Å². The molecule has 17 heavy (non-hydrogen) atoms. The average Bonchev–Trinajstić information content (AvgIpc) is 2.25. The zero-order valence-corrected chi connectivity index (χ0v) is 9.19. The van der Waals surface area contributed by atoms with Gasteiger partial charge in [0.1, 0.15) is 5.56 Å². The van der Waals surface area contributed by atoms with Crippen molar-refractivity contribution in [2.24, 2.45) is 5.73 Å². The van der Waals surface area contributed by atoms with Crippen molar-refractivity contribution in [3.63, 3.8) is 0 Å². The summed E-state index contributed by atoms with van der Waals surface area (Å²) < 4.78 is 0. The molecule has 6 N–H and O–H groups in total. The molecule has 1 amide bonds. The van der Waals surface area contributed by atoms with Crippen molar-refractivity contribution in [2.45, 2.75) is 19.1 Å². The number of hydrogen-bond acceptors (Lipinski definition) is 5. The van der Waals surface area contributed by atoms with Gasteiger partial charge in [0.05, 0.1) is 6.10 Å². The Bertz CT molecular complexity index is 504. The van der Waals surface area contributed by atoms with E-state index in [9.17, 15) is 14.4 Å². The van der Waals surface area contributed by atoms with Crippen LogP contribution in [0.25, 0.3) is 0 Å². The third kappa shape index (κ3) is 3.54. The average molecular weight is 242 g/mol. The highest BCUT2D eigenvalue weighted by Gasteiger charge is 2.14. The molecule has 2 atom stereocenters. The highest BCUT2D eigenvalue weighted by molar-refractivity contribution is 5.93. The minimum absolute atomic E-state index is 0.0229. The normalized spacial score (nSPS) is 14.1. The molecule has 1 heterocycles. The van der Waals surface area contributed by atoms with Gasteiger partial charge in [-0.2, -0.15) is 0 Å². The van der Waals surface area contributed by atoms with E-state index in [1.165, 1.54) is 6.92 Å². The van der Waals surface area contributed by atoms with Crippen LogP contribution in [0, 0.1) is 0 Å². The first-order valence-corrected chi connectivity index (χ1v) is 4.95. The van der Waals surface area contributed by atoms with Crippen LogP contribution in [0.4, 0.5) is 0 Å². The van der Waals surface area contributed by atoms with Gasteiger partial charge in [0.25, 0.3) is 11.5 Å². The molecule has 2 unspecified atom stereocenters. The second-order valence-corrected chi connectivity index (χ2v) is 3.60. The maximum absolute atomic E-state index is 11.5. The minimum Gasteiger partial charge on any atom is -0.392 e. The molecule has 0 saturated heterocycles. The van der Waals surface area contributed by atoms with Crippen molar-refractivity contribution in [2.75, 3.05) is 6.54 Å². The Hall–Kier alpha value is -1.93. The SMILES string of the molecule is CC(O)C(N)CNC(=O)c1c[nH]c(=O)[nH]c1=O. The number of carbonyl (C=O) groups excluding carboxylic acids is 1. The van der Waals surface area contributed by atoms with E-state index in [0.717, 1.165) is 6.20 Å². The monoisotopic (exact) mass is 242 g/mol. The van der Waals surface area contributed by atoms with Gasteiger partial charge in [0.15, 0.2) is 0 Å². The summed E-state index contributed by atoms with van der Waals surface area (Å²) in [5, 5.41) is 11.5.